The second-order valence-electron chi connectivity index (χ2n) is 7.45. The second kappa shape index (κ2) is 9.00. The Balaban J connectivity index is 1.82. The zero-order valence-electron chi connectivity index (χ0n) is 18.1. The first-order valence-corrected chi connectivity index (χ1v) is 11.3. The number of aryl methyl sites for hydroxylation is 2. The number of nitrogens with zero attached hydrogens (tertiary/aromatic N) is 4. The fourth-order valence-corrected chi connectivity index (χ4v) is 5.19. The minimum Gasteiger partial charge on any atom is -0.493 e. The summed E-state index contributed by atoms with van der Waals surface area (Å²) in [5, 5.41) is 9.81. The molecule has 2 aromatic heterocycles. The van der Waals surface area contributed by atoms with E-state index >= 15 is 0 Å². The summed E-state index contributed by atoms with van der Waals surface area (Å²) in [6.45, 7) is 4.72. The molecule has 0 unspecified atom stereocenters. The predicted molar refractivity (Wildman–Crippen MR) is 121 cm³/mol. The Labute approximate surface area is 181 Å². The Morgan fingerprint density at radius 3 is 2.70 bits per heavy atom. The summed E-state index contributed by atoms with van der Waals surface area (Å²) in [6, 6.07) is 8.22. The summed E-state index contributed by atoms with van der Waals surface area (Å²) in [5.41, 5.74) is 2.96. The fraction of sp³-hybridized carbons (Fsp3) is 0.435. The highest BCUT2D eigenvalue weighted by Gasteiger charge is 2.26. The summed E-state index contributed by atoms with van der Waals surface area (Å²) < 4.78 is 13.4. The van der Waals surface area contributed by atoms with Gasteiger partial charge in [-0.25, -0.2) is 0 Å². The summed E-state index contributed by atoms with van der Waals surface area (Å²) in [6.07, 6.45) is 6.08. The monoisotopic (exact) mass is 424 g/mol. The van der Waals surface area contributed by atoms with Crippen LogP contribution >= 0.6 is 11.3 Å². The van der Waals surface area contributed by atoms with Crippen molar-refractivity contribution in [1.82, 2.24) is 14.8 Å². The second-order valence-corrected chi connectivity index (χ2v) is 8.56. The van der Waals surface area contributed by atoms with Crippen molar-refractivity contribution < 1.29 is 9.47 Å². The van der Waals surface area contributed by atoms with Crippen LogP contribution in [0.15, 0.2) is 29.3 Å². The molecule has 3 heterocycles. The zero-order chi connectivity index (χ0) is 21.1. The third-order valence-corrected chi connectivity index (χ3v) is 6.61. The summed E-state index contributed by atoms with van der Waals surface area (Å²) in [7, 11) is 3.33. The minimum atomic E-state index is 0.476. The van der Waals surface area contributed by atoms with Gasteiger partial charge in [0.25, 0.3) is 0 Å². The molecule has 0 aliphatic carbocycles. The largest absolute Gasteiger partial charge is 0.493 e. The zero-order valence-corrected chi connectivity index (χ0v) is 18.9. The molecule has 0 spiro atoms. The van der Waals surface area contributed by atoms with Gasteiger partial charge in [-0.3, -0.25) is 9.56 Å². The molecule has 1 aromatic carbocycles. The molecule has 0 saturated carbocycles. The number of thiophene rings is 1. The van der Waals surface area contributed by atoms with Gasteiger partial charge in [0.1, 0.15) is 17.4 Å². The molecular weight excluding hydrogens is 396 g/mol. The minimum absolute atomic E-state index is 0.476. The lowest BCUT2D eigenvalue weighted by Crippen LogP contribution is -2.08. The van der Waals surface area contributed by atoms with Crippen molar-refractivity contribution in [2.75, 3.05) is 14.2 Å². The summed E-state index contributed by atoms with van der Waals surface area (Å²) in [4.78, 5) is 6.33. The van der Waals surface area contributed by atoms with Crippen molar-refractivity contribution in [2.24, 2.45) is 4.99 Å². The normalized spacial score (nSPS) is 12.7. The number of ether oxygens (including phenoxy) is 2. The summed E-state index contributed by atoms with van der Waals surface area (Å²) in [5.74, 6) is 3.16. The lowest BCUT2D eigenvalue weighted by molar-refractivity contribution is 0.354. The van der Waals surface area contributed by atoms with Crippen LogP contribution in [0, 0.1) is 6.92 Å². The van der Waals surface area contributed by atoms with Crippen molar-refractivity contribution in [2.45, 2.75) is 52.5 Å². The van der Waals surface area contributed by atoms with Crippen LogP contribution in [0.25, 0.3) is 5.00 Å². The molecule has 0 radical (unpaired) electrons. The van der Waals surface area contributed by atoms with Gasteiger partial charge in [0.15, 0.2) is 17.3 Å². The van der Waals surface area contributed by atoms with Gasteiger partial charge in [0.2, 0.25) is 0 Å². The number of methoxy groups -OCH3 is 2. The van der Waals surface area contributed by atoms with E-state index in [1.807, 2.05) is 36.5 Å². The average molecular weight is 425 g/mol. The van der Waals surface area contributed by atoms with E-state index in [0.717, 1.165) is 39.9 Å². The van der Waals surface area contributed by atoms with E-state index in [9.17, 15) is 0 Å². The Bertz CT molecular complexity index is 1070. The number of aromatic nitrogens is 3. The summed E-state index contributed by atoms with van der Waals surface area (Å²) >= 11 is 1.82. The SMILES string of the molecule is CCCCCCc1cc2c(s1)-n1c(C)nnc1CN=C2c1cccc(OC)c1OC. The highest BCUT2D eigenvalue weighted by Crippen LogP contribution is 2.38. The van der Waals surface area contributed by atoms with Crippen LogP contribution in [0.2, 0.25) is 0 Å². The van der Waals surface area contributed by atoms with Gasteiger partial charge in [-0.05, 0) is 38.0 Å². The third-order valence-electron chi connectivity index (χ3n) is 5.43. The van der Waals surface area contributed by atoms with Crippen LogP contribution in [-0.4, -0.2) is 34.7 Å². The van der Waals surface area contributed by atoms with E-state index in [1.165, 1.54) is 30.6 Å². The van der Waals surface area contributed by atoms with Gasteiger partial charge in [-0.2, -0.15) is 0 Å². The van der Waals surface area contributed by atoms with E-state index < -0.39 is 0 Å². The molecule has 0 atom stereocenters. The molecule has 0 saturated heterocycles. The molecule has 0 amide bonds. The first-order valence-electron chi connectivity index (χ1n) is 10.5. The number of unbranched alkanes of at least 4 members (excludes halogenated alkanes) is 3. The Morgan fingerprint density at radius 1 is 1.07 bits per heavy atom. The van der Waals surface area contributed by atoms with Crippen LogP contribution in [-0.2, 0) is 13.0 Å². The van der Waals surface area contributed by atoms with Gasteiger partial charge in [0, 0.05) is 16.0 Å². The number of fused-ring (bicyclic) bond motifs is 3. The highest BCUT2D eigenvalue weighted by molar-refractivity contribution is 7.15. The van der Waals surface area contributed by atoms with Crippen LogP contribution in [0.5, 0.6) is 11.5 Å². The number of benzene rings is 1. The van der Waals surface area contributed by atoms with Crippen LogP contribution in [0.3, 0.4) is 0 Å². The first-order chi connectivity index (χ1) is 14.7. The average Bonchev–Trinajstić information content (AvgIpc) is 3.30. The van der Waals surface area contributed by atoms with Crippen molar-refractivity contribution in [3.8, 4) is 16.5 Å². The molecule has 30 heavy (non-hydrogen) atoms. The van der Waals surface area contributed by atoms with Gasteiger partial charge >= 0.3 is 0 Å². The van der Waals surface area contributed by atoms with Crippen molar-refractivity contribution in [1.29, 1.82) is 0 Å². The predicted octanol–water partition coefficient (Wildman–Crippen LogP) is 5.13. The maximum absolute atomic E-state index is 5.72. The number of aliphatic imine (C=N–C) groups is 1. The topological polar surface area (TPSA) is 61.5 Å². The Hall–Kier alpha value is -2.67. The van der Waals surface area contributed by atoms with E-state index in [0.29, 0.717) is 18.0 Å². The van der Waals surface area contributed by atoms with E-state index in [2.05, 4.69) is 27.8 Å². The maximum atomic E-state index is 5.72. The van der Waals surface area contributed by atoms with Crippen molar-refractivity contribution in [3.63, 3.8) is 0 Å². The van der Waals surface area contributed by atoms with E-state index in [4.69, 9.17) is 14.5 Å². The lowest BCUT2D eigenvalue weighted by Gasteiger charge is -2.14. The number of hydrogen-bond acceptors (Lipinski definition) is 6. The highest BCUT2D eigenvalue weighted by atomic mass is 32.1. The van der Waals surface area contributed by atoms with E-state index in [1.54, 1.807) is 14.2 Å². The van der Waals surface area contributed by atoms with Gasteiger partial charge in [0.05, 0.1) is 19.9 Å². The van der Waals surface area contributed by atoms with Crippen LogP contribution < -0.4 is 9.47 Å². The Kier molecular flexibility index (Phi) is 6.18. The molecule has 1 aliphatic rings. The molecule has 0 N–H and O–H groups in total. The number of para-hydroxylation sites is 1. The molecule has 4 rings (SSSR count). The maximum Gasteiger partial charge on any atom is 0.170 e. The van der Waals surface area contributed by atoms with Crippen molar-refractivity contribution in [3.05, 3.63) is 51.9 Å². The molecule has 158 valence electrons. The van der Waals surface area contributed by atoms with Gasteiger partial charge in [-0.15, -0.1) is 21.5 Å². The Morgan fingerprint density at radius 2 is 1.93 bits per heavy atom. The lowest BCUT2D eigenvalue weighted by atomic mass is 10.0. The smallest absolute Gasteiger partial charge is 0.170 e. The third kappa shape index (κ3) is 3.74. The van der Waals surface area contributed by atoms with Crippen LogP contribution in [0.4, 0.5) is 0 Å². The molecule has 6 nitrogen and oxygen atoms in total. The molecule has 1 aliphatic heterocycles. The number of rotatable bonds is 8. The quantitative estimate of drug-likeness (QED) is 0.471. The van der Waals surface area contributed by atoms with E-state index in [-0.39, 0.29) is 0 Å². The molecule has 7 heteroatoms. The van der Waals surface area contributed by atoms with Crippen LogP contribution in [0.1, 0.15) is 60.3 Å². The fourth-order valence-electron chi connectivity index (χ4n) is 3.93. The van der Waals surface area contributed by atoms with Gasteiger partial charge in [-0.1, -0.05) is 32.3 Å². The van der Waals surface area contributed by atoms with Gasteiger partial charge < -0.3 is 9.47 Å². The molecule has 0 bridgehead atoms. The number of hydrogen-bond donors (Lipinski definition) is 0. The molecule has 3 aromatic rings. The van der Waals surface area contributed by atoms with Crippen molar-refractivity contribution >= 4 is 17.0 Å². The molecular formula is C23H28N4O2S. The molecule has 0 fully saturated rings. The standard InChI is InChI=1S/C23H28N4O2S/c1-5-6-7-8-10-16-13-18-21(17-11-9-12-19(28-3)22(17)29-4)24-14-20-26-25-15(2)27(20)23(18)30-16/h9,11-13H,5-8,10,14H2,1-4H3. The first kappa shape index (κ1) is 20.6.